The molecule has 0 saturated carbocycles. The molecule has 0 fully saturated rings. The largest absolute Gasteiger partial charge is 0.352 e. The minimum absolute atomic E-state index is 0.0745. The van der Waals surface area contributed by atoms with E-state index >= 15 is 0 Å². The molecule has 0 saturated heterocycles. The van der Waals surface area contributed by atoms with Gasteiger partial charge in [-0.2, -0.15) is 0 Å². The first-order valence-corrected chi connectivity index (χ1v) is 6.59. The van der Waals surface area contributed by atoms with Gasteiger partial charge in [0.15, 0.2) is 0 Å². The second kappa shape index (κ2) is 6.35. The van der Waals surface area contributed by atoms with Crippen LogP contribution in [0.5, 0.6) is 0 Å². The second-order valence-corrected chi connectivity index (χ2v) is 5.93. The highest BCUT2D eigenvalue weighted by Gasteiger charge is 2.11. The van der Waals surface area contributed by atoms with Crippen LogP contribution < -0.4 is 5.32 Å². The Balaban J connectivity index is 2.59. The molecule has 88 valence electrons. The number of benzene rings is 1. The van der Waals surface area contributed by atoms with Crippen LogP contribution in [0.3, 0.4) is 0 Å². The SMILES string of the molecule is CC(Br)CCNC(=O)c1ccc(Br)cc1F. The van der Waals surface area contributed by atoms with Gasteiger partial charge in [0.2, 0.25) is 0 Å². The van der Waals surface area contributed by atoms with Gasteiger partial charge in [-0.15, -0.1) is 0 Å². The number of alkyl halides is 1. The number of carbonyl (C=O) groups is 1. The van der Waals surface area contributed by atoms with Gasteiger partial charge in [-0.1, -0.05) is 38.8 Å². The zero-order valence-corrected chi connectivity index (χ0v) is 11.9. The lowest BCUT2D eigenvalue weighted by molar-refractivity contribution is 0.0949. The maximum atomic E-state index is 13.4. The third-order valence-electron chi connectivity index (χ3n) is 2.00. The van der Waals surface area contributed by atoms with E-state index in [0.717, 1.165) is 6.42 Å². The maximum Gasteiger partial charge on any atom is 0.254 e. The van der Waals surface area contributed by atoms with Gasteiger partial charge < -0.3 is 5.32 Å². The number of carbonyl (C=O) groups excluding carboxylic acids is 1. The van der Waals surface area contributed by atoms with Crippen LogP contribution in [0.4, 0.5) is 4.39 Å². The summed E-state index contributed by atoms with van der Waals surface area (Å²) in [5.41, 5.74) is 0.0745. The van der Waals surface area contributed by atoms with E-state index in [0.29, 0.717) is 15.8 Å². The Morgan fingerprint density at radius 1 is 1.56 bits per heavy atom. The molecule has 0 aliphatic carbocycles. The van der Waals surface area contributed by atoms with Crippen molar-refractivity contribution in [3.05, 3.63) is 34.1 Å². The molecule has 0 aromatic heterocycles. The fourth-order valence-electron chi connectivity index (χ4n) is 1.15. The van der Waals surface area contributed by atoms with Gasteiger partial charge in [0, 0.05) is 15.8 Å². The number of hydrogen-bond acceptors (Lipinski definition) is 1. The molecule has 0 heterocycles. The summed E-state index contributed by atoms with van der Waals surface area (Å²) < 4.78 is 14.0. The smallest absolute Gasteiger partial charge is 0.254 e. The minimum atomic E-state index is -0.515. The number of amides is 1. The molecule has 1 aromatic carbocycles. The predicted molar refractivity (Wildman–Crippen MR) is 69.4 cm³/mol. The van der Waals surface area contributed by atoms with E-state index in [9.17, 15) is 9.18 Å². The first-order chi connectivity index (χ1) is 7.50. The summed E-state index contributed by atoms with van der Waals surface area (Å²) in [5, 5.41) is 2.67. The molecule has 0 aliphatic rings. The van der Waals surface area contributed by atoms with Gasteiger partial charge in [0.1, 0.15) is 5.82 Å². The number of halogens is 3. The Kier molecular flexibility index (Phi) is 5.41. The van der Waals surface area contributed by atoms with Crippen molar-refractivity contribution in [2.75, 3.05) is 6.54 Å². The highest BCUT2D eigenvalue weighted by atomic mass is 79.9. The third kappa shape index (κ3) is 4.22. The first kappa shape index (κ1) is 13.6. The van der Waals surface area contributed by atoms with E-state index in [-0.39, 0.29) is 11.5 Å². The number of hydrogen-bond donors (Lipinski definition) is 1. The Morgan fingerprint density at radius 3 is 2.81 bits per heavy atom. The maximum absolute atomic E-state index is 13.4. The summed E-state index contributed by atoms with van der Waals surface area (Å²) >= 11 is 6.51. The molecular weight excluding hydrogens is 341 g/mol. The quantitative estimate of drug-likeness (QED) is 0.825. The first-order valence-electron chi connectivity index (χ1n) is 4.88. The lowest BCUT2D eigenvalue weighted by atomic mass is 10.2. The molecule has 5 heteroatoms. The molecule has 1 aromatic rings. The Hall–Kier alpha value is -0.420. The highest BCUT2D eigenvalue weighted by molar-refractivity contribution is 9.10. The minimum Gasteiger partial charge on any atom is -0.352 e. The van der Waals surface area contributed by atoms with Crippen LogP contribution in [0.25, 0.3) is 0 Å². The summed E-state index contributed by atoms with van der Waals surface area (Å²) in [5.74, 6) is -0.892. The number of nitrogens with one attached hydrogen (secondary N) is 1. The molecule has 2 nitrogen and oxygen atoms in total. The van der Waals surface area contributed by atoms with Crippen molar-refractivity contribution in [1.29, 1.82) is 0 Å². The molecular formula is C11H12Br2FNO. The van der Waals surface area contributed by atoms with Crippen molar-refractivity contribution >= 4 is 37.8 Å². The molecule has 1 amide bonds. The monoisotopic (exact) mass is 351 g/mol. The van der Waals surface area contributed by atoms with E-state index in [2.05, 4.69) is 37.2 Å². The van der Waals surface area contributed by atoms with Crippen LogP contribution in [-0.2, 0) is 0 Å². The van der Waals surface area contributed by atoms with Crippen LogP contribution >= 0.6 is 31.9 Å². The molecule has 16 heavy (non-hydrogen) atoms. The average molecular weight is 353 g/mol. The standard InChI is InChI=1S/C11H12Br2FNO/c1-7(12)4-5-15-11(16)9-3-2-8(13)6-10(9)14/h2-3,6-7H,4-5H2,1H3,(H,15,16). The zero-order chi connectivity index (χ0) is 12.1. The zero-order valence-electron chi connectivity index (χ0n) is 8.77. The van der Waals surface area contributed by atoms with Crippen LogP contribution in [0, 0.1) is 5.82 Å². The summed E-state index contributed by atoms with van der Waals surface area (Å²) in [6.45, 7) is 2.52. The Morgan fingerprint density at radius 2 is 2.25 bits per heavy atom. The van der Waals surface area contributed by atoms with Gasteiger partial charge >= 0.3 is 0 Å². The van der Waals surface area contributed by atoms with Crippen molar-refractivity contribution in [2.45, 2.75) is 18.2 Å². The van der Waals surface area contributed by atoms with Crippen LogP contribution in [0.15, 0.2) is 22.7 Å². The van der Waals surface area contributed by atoms with Crippen LogP contribution in [0.1, 0.15) is 23.7 Å². The Labute approximate surface area is 111 Å². The average Bonchev–Trinajstić information content (AvgIpc) is 2.16. The number of rotatable bonds is 4. The van der Waals surface area contributed by atoms with Crippen molar-refractivity contribution < 1.29 is 9.18 Å². The fourth-order valence-corrected chi connectivity index (χ4v) is 1.72. The van der Waals surface area contributed by atoms with Gasteiger partial charge in [0.05, 0.1) is 5.56 Å². The second-order valence-electron chi connectivity index (χ2n) is 3.45. The molecule has 1 rings (SSSR count). The molecule has 1 unspecified atom stereocenters. The van der Waals surface area contributed by atoms with Gasteiger partial charge in [-0.3, -0.25) is 4.79 Å². The van der Waals surface area contributed by atoms with E-state index in [1.54, 1.807) is 6.07 Å². The summed E-state index contributed by atoms with van der Waals surface area (Å²) in [6.07, 6.45) is 0.809. The highest BCUT2D eigenvalue weighted by Crippen LogP contribution is 2.15. The fraction of sp³-hybridized carbons (Fsp3) is 0.364. The predicted octanol–water partition coefficient (Wildman–Crippen LogP) is 3.49. The van der Waals surface area contributed by atoms with Gasteiger partial charge in [-0.25, -0.2) is 4.39 Å². The van der Waals surface area contributed by atoms with E-state index in [4.69, 9.17) is 0 Å². The van der Waals surface area contributed by atoms with E-state index in [1.807, 2.05) is 6.92 Å². The molecule has 1 N–H and O–H groups in total. The summed E-state index contributed by atoms with van der Waals surface area (Å²) in [4.78, 5) is 11.9. The van der Waals surface area contributed by atoms with Crippen molar-refractivity contribution in [3.8, 4) is 0 Å². The van der Waals surface area contributed by atoms with E-state index in [1.165, 1.54) is 12.1 Å². The van der Waals surface area contributed by atoms with Gasteiger partial charge in [0.25, 0.3) is 5.91 Å². The Bertz CT molecular complexity index is 382. The molecule has 1 atom stereocenters. The lowest BCUT2D eigenvalue weighted by Gasteiger charge is -2.07. The molecule has 0 aliphatic heterocycles. The molecule has 0 bridgehead atoms. The molecule has 0 radical (unpaired) electrons. The summed E-state index contributed by atoms with van der Waals surface area (Å²) in [6, 6.07) is 4.39. The lowest BCUT2D eigenvalue weighted by Crippen LogP contribution is -2.26. The third-order valence-corrected chi connectivity index (χ3v) is 2.95. The summed E-state index contributed by atoms with van der Waals surface area (Å²) in [7, 11) is 0. The van der Waals surface area contributed by atoms with Crippen LogP contribution in [0.2, 0.25) is 0 Å². The normalized spacial score (nSPS) is 12.2. The van der Waals surface area contributed by atoms with Crippen molar-refractivity contribution in [3.63, 3.8) is 0 Å². The van der Waals surface area contributed by atoms with Crippen LogP contribution in [-0.4, -0.2) is 17.3 Å². The van der Waals surface area contributed by atoms with E-state index < -0.39 is 5.82 Å². The topological polar surface area (TPSA) is 29.1 Å². The molecule has 0 spiro atoms. The van der Waals surface area contributed by atoms with Gasteiger partial charge in [-0.05, 0) is 24.6 Å². The van der Waals surface area contributed by atoms with Crippen molar-refractivity contribution in [1.82, 2.24) is 5.32 Å². The van der Waals surface area contributed by atoms with Crippen molar-refractivity contribution in [2.24, 2.45) is 0 Å².